The van der Waals surface area contributed by atoms with Crippen LogP contribution in [0.2, 0.25) is 0 Å². The second-order valence-electron chi connectivity index (χ2n) is 8.59. The number of methoxy groups -OCH3 is 1. The van der Waals surface area contributed by atoms with Gasteiger partial charge in [-0.15, -0.1) is 0 Å². The maximum absolute atomic E-state index is 14.4. The van der Waals surface area contributed by atoms with E-state index in [1.165, 1.54) is 26.0 Å². The first-order valence-electron chi connectivity index (χ1n) is 10.6. The molecule has 1 saturated heterocycles. The lowest BCUT2D eigenvalue weighted by molar-refractivity contribution is -0.272. The lowest BCUT2D eigenvalue weighted by Crippen LogP contribution is -2.47. The number of ether oxygens (including phenoxy) is 2. The van der Waals surface area contributed by atoms with Crippen LogP contribution >= 0.6 is 0 Å². The van der Waals surface area contributed by atoms with Gasteiger partial charge in [-0.05, 0) is 32.0 Å². The van der Waals surface area contributed by atoms with Gasteiger partial charge in [0.2, 0.25) is 5.82 Å². The molecule has 1 aliphatic heterocycles. The Bertz CT molecular complexity index is 1080. The first-order valence-corrected chi connectivity index (χ1v) is 10.6. The fraction of sp³-hybridized carbons (Fsp3) is 0.478. The molecule has 7 nitrogen and oxygen atoms in total. The van der Waals surface area contributed by atoms with Crippen molar-refractivity contribution in [2.75, 3.05) is 12.4 Å². The summed E-state index contributed by atoms with van der Waals surface area (Å²) in [4.78, 5) is 17.0. The first-order chi connectivity index (χ1) is 16.2. The van der Waals surface area contributed by atoms with Gasteiger partial charge in [-0.1, -0.05) is 13.0 Å². The highest BCUT2D eigenvalue weighted by molar-refractivity contribution is 5.95. The minimum absolute atomic E-state index is 0.0735. The van der Waals surface area contributed by atoms with Crippen LogP contribution in [0.5, 0.6) is 5.75 Å². The molecule has 2 heterocycles. The molecular formula is C23H25F5N2O5. The van der Waals surface area contributed by atoms with Gasteiger partial charge in [-0.2, -0.15) is 17.6 Å². The summed E-state index contributed by atoms with van der Waals surface area (Å²) in [6, 6.07) is 4.47. The number of nitrogens with zero attached hydrogens (tertiary/aromatic N) is 1. The Labute approximate surface area is 197 Å². The highest BCUT2D eigenvalue weighted by Gasteiger charge is 2.65. The molecule has 1 amide bonds. The summed E-state index contributed by atoms with van der Waals surface area (Å²) in [6.07, 6.45) is -7.88. The van der Waals surface area contributed by atoms with Crippen LogP contribution in [0.3, 0.4) is 0 Å². The summed E-state index contributed by atoms with van der Waals surface area (Å²) >= 11 is 0. The minimum Gasteiger partial charge on any atom is -0.493 e. The van der Waals surface area contributed by atoms with E-state index >= 15 is 0 Å². The average Bonchev–Trinajstić information content (AvgIpc) is 3.07. The van der Waals surface area contributed by atoms with Crippen LogP contribution in [0.15, 0.2) is 30.5 Å². The molecule has 3 N–H and O–H groups in total. The molecule has 192 valence electrons. The smallest absolute Gasteiger partial charge is 0.417 e. The summed E-state index contributed by atoms with van der Waals surface area (Å²) in [5.41, 5.74) is -2.75. The summed E-state index contributed by atoms with van der Waals surface area (Å²) in [6.45, 7) is 3.35. The van der Waals surface area contributed by atoms with Crippen molar-refractivity contribution in [1.82, 2.24) is 4.98 Å². The van der Waals surface area contributed by atoms with E-state index < -0.39 is 65.2 Å². The van der Waals surface area contributed by atoms with Gasteiger partial charge in [0.25, 0.3) is 5.91 Å². The van der Waals surface area contributed by atoms with Gasteiger partial charge >= 0.3 is 6.18 Å². The van der Waals surface area contributed by atoms with E-state index in [-0.39, 0.29) is 16.9 Å². The van der Waals surface area contributed by atoms with Crippen molar-refractivity contribution in [2.24, 2.45) is 5.92 Å². The van der Waals surface area contributed by atoms with E-state index in [1.54, 1.807) is 0 Å². The second kappa shape index (κ2) is 9.67. The lowest BCUT2D eigenvalue weighted by atomic mass is 9.77. The molecule has 1 aliphatic rings. The molecular weight excluding hydrogens is 479 g/mol. The van der Waals surface area contributed by atoms with Crippen LogP contribution in [-0.2, 0) is 9.53 Å². The third kappa shape index (κ3) is 4.82. The molecule has 0 radical (unpaired) electrons. The van der Waals surface area contributed by atoms with Crippen LogP contribution in [0.25, 0.3) is 0 Å². The average molecular weight is 504 g/mol. The van der Waals surface area contributed by atoms with Crippen molar-refractivity contribution in [3.8, 4) is 5.75 Å². The zero-order chi connectivity index (χ0) is 26.3. The number of halogens is 5. The number of alkyl halides is 3. The number of hydrogen-bond acceptors (Lipinski definition) is 6. The number of carbonyl (C=O) groups is 1. The molecule has 3 rings (SSSR count). The fourth-order valence-electron chi connectivity index (χ4n) is 4.15. The fourth-order valence-corrected chi connectivity index (χ4v) is 4.15. The Hall–Kier alpha value is -2.83. The Morgan fingerprint density at radius 3 is 2.40 bits per heavy atom. The number of benzene rings is 1. The zero-order valence-electron chi connectivity index (χ0n) is 19.2. The van der Waals surface area contributed by atoms with Gasteiger partial charge in [-0.3, -0.25) is 9.78 Å². The zero-order valence-corrected chi connectivity index (χ0v) is 19.2. The quantitative estimate of drug-likeness (QED) is 0.517. The Kier molecular flexibility index (Phi) is 7.39. The first kappa shape index (κ1) is 26.8. The molecule has 6 atom stereocenters. The molecule has 35 heavy (non-hydrogen) atoms. The molecule has 0 saturated carbocycles. The van der Waals surface area contributed by atoms with Crippen molar-refractivity contribution >= 4 is 11.6 Å². The van der Waals surface area contributed by atoms with Gasteiger partial charge in [0, 0.05) is 17.4 Å². The third-order valence-corrected chi connectivity index (χ3v) is 6.38. The molecule has 1 aromatic carbocycles. The molecule has 0 bridgehead atoms. The third-order valence-electron chi connectivity index (χ3n) is 6.38. The van der Waals surface area contributed by atoms with E-state index in [0.29, 0.717) is 0 Å². The van der Waals surface area contributed by atoms with Crippen molar-refractivity contribution in [3.63, 3.8) is 0 Å². The lowest BCUT2D eigenvalue weighted by Gasteiger charge is -2.32. The molecule has 0 aliphatic carbocycles. The normalized spacial score (nSPS) is 26.3. The maximum atomic E-state index is 14.4. The Morgan fingerprint density at radius 2 is 1.89 bits per heavy atom. The molecule has 12 heteroatoms. The van der Waals surface area contributed by atoms with E-state index in [0.717, 1.165) is 32.4 Å². The van der Waals surface area contributed by atoms with Gasteiger partial charge in [0.05, 0.1) is 30.8 Å². The monoisotopic (exact) mass is 504 g/mol. The number of anilines is 1. The summed E-state index contributed by atoms with van der Waals surface area (Å²) in [5.74, 6) is -6.99. The van der Waals surface area contributed by atoms with E-state index in [4.69, 9.17) is 9.47 Å². The Balaban J connectivity index is 1.99. The van der Waals surface area contributed by atoms with E-state index in [1.807, 2.05) is 0 Å². The molecule has 1 aromatic heterocycles. The van der Waals surface area contributed by atoms with Crippen LogP contribution in [0, 0.1) is 17.6 Å². The topological polar surface area (TPSA) is 101 Å². The highest BCUT2D eigenvalue weighted by Crippen LogP contribution is 2.55. The number of aliphatic hydroxyl groups excluding tert-OH is 2. The maximum Gasteiger partial charge on any atom is 0.417 e. The predicted octanol–water partition coefficient (Wildman–Crippen LogP) is 3.86. The summed E-state index contributed by atoms with van der Waals surface area (Å²) < 4.78 is 80.3. The van der Waals surface area contributed by atoms with Crippen LogP contribution in [-0.4, -0.2) is 52.2 Å². The molecule has 2 aromatic rings. The number of nitrogens with one attached hydrogen (secondary N) is 1. The number of amides is 1. The number of hydrogen-bond donors (Lipinski definition) is 3. The van der Waals surface area contributed by atoms with E-state index in [9.17, 15) is 37.0 Å². The highest BCUT2D eigenvalue weighted by atomic mass is 19.4. The van der Waals surface area contributed by atoms with Crippen molar-refractivity contribution in [3.05, 3.63) is 53.4 Å². The van der Waals surface area contributed by atoms with Crippen molar-refractivity contribution in [1.29, 1.82) is 0 Å². The molecule has 0 spiro atoms. The Morgan fingerprint density at radius 1 is 1.23 bits per heavy atom. The van der Waals surface area contributed by atoms with Gasteiger partial charge in [0.15, 0.2) is 17.2 Å². The largest absolute Gasteiger partial charge is 0.493 e. The van der Waals surface area contributed by atoms with Crippen LogP contribution in [0.4, 0.5) is 27.6 Å². The predicted molar refractivity (Wildman–Crippen MR) is 114 cm³/mol. The second-order valence-corrected chi connectivity index (χ2v) is 8.59. The van der Waals surface area contributed by atoms with Crippen molar-refractivity contribution in [2.45, 2.75) is 56.8 Å². The van der Waals surface area contributed by atoms with Crippen LogP contribution in [0.1, 0.15) is 44.1 Å². The molecule has 1 fully saturated rings. The number of carbonyl (C=O) groups excluding carboxylic acids is 1. The van der Waals surface area contributed by atoms with E-state index in [2.05, 4.69) is 10.3 Å². The van der Waals surface area contributed by atoms with Gasteiger partial charge in [-0.25, -0.2) is 4.39 Å². The summed E-state index contributed by atoms with van der Waals surface area (Å²) in [5, 5.41) is 21.7. The number of aromatic nitrogens is 1. The number of rotatable bonds is 6. The van der Waals surface area contributed by atoms with Crippen LogP contribution < -0.4 is 10.1 Å². The number of aliphatic hydroxyl groups is 2. The standard InChI is InChI=1S/C23H25F5N2O5/c1-10-16(13-6-7-14(24)17(25)19(13)34-4)20(35-22(10,3)23(26,27)28)21(33)30-12-5-8-15(29-9-12)18(32)11(2)31/h5-11,16,18,20,31-32H,1-4H3,(H,30,33)/t10-,11+,16-,18-,20?,22+/m0/s1. The number of pyridine rings is 1. The molecule has 1 unspecified atom stereocenters. The minimum atomic E-state index is -4.88. The van der Waals surface area contributed by atoms with Gasteiger partial charge in [0.1, 0.15) is 12.2 Å². The van der Waals surface area contributed by atoms with Gasteiger partial charge < -0.3 is 25.0 Å². The SMILES string of the molecule is COc1c([C@H]2C(C(=O)Nc3ccc([C@@H](O)[C@@H](C)O)nc3)O[C@@](C)(C(F)(F)F)[C@H]2C)ccc(F)c1F. The van der Waals surface area contributed by atoms with Crippen molar-refractivity contribution < 1.29 is 46.4 Å². The summed E-state index contributed by atoms with van der Waals surface area (Å²) in [7, 11) is 1.04.